The Balaban J connectivity index is 1.35. The number of nitrogens with one attached hydrogen (secondary N) is 1. The summed E-state index contributed by atoms with van der Waals surface area (Å²) in [6, 6.07) is 14.6. The second kappa shape index (κ2) is 9.96. The van der Waals surface area contributed by atoms with Crippen molar-refractivity contribution in [2.24, 2.45) is 5.92 Å². The van der Waals surface area contributed by atoms with E-state index in [1.165, 1.54) is 28.6 Å². The molecule has 1 N–H and O–H groups in total. The highest BCUT2D eigenvalue weighted by atomic mass is 32.2. The fourth-order valence-corrected chi connectivity index (χ4v) is 5.79. The summed E-state index contributed by atoms with van der Waals surface area (Å²) in [7, 11) is -3.78. The van der Waals surface area contributed by atoms with Crippen LogP contribution in [0.25, 0.3) is 5.69 Å². The first-order valence-corrected chi connectivity index (χ1v) is 12.8. The van der Waals surface area contributed by atoms with E-state index in [0.717, 1.165) is 22.6 Å². The van der Waals surface area contributed by atoms with Crippen LogP contribution in [0.1, 0.15) is 29.8 Å². The molecular formula is C24H27N5O5S. The van der Waals surface area contributed by atoms with Gasteiger partial charge in [0, 0.05) is 48.9 Å². The molecule has 10 nitrogen and oxygen atoms in total. The number of carbonyl (C=O) groups is 1. The monoisotopic (exact) mass is 497 g/mol. The van der Waals surface area contributed by atoms with Gasteiger partial charge in [0.1, 0.15) is 0 Å². The number of para-hydroxylation sites is 1. The van der Waals surface area contributed by atoms with E-state index in [-0.39, 0.29) is 35.5 Å². The van der Waals surface area contributed by atoms with Crippen molar-refractivity contribution in [2.45, 2.75) is 38.1 Å². The van der Waals surface area contributed by atoms with Crippen LogP contribution >= 0.6 is 0 Å². The van der Waals surface area contributed by atoms with Crippen LogP contribution < -0.4 is 5.32 Å². The highest BCUT2D eigenvalue weighted by molar-refractivity contribution is 7.89. The van der Waals surface area contributed by atoms with E-state index in [2.05, 4.69) is 10.4 Å². The van der Waals surface area contributed by atoms with E-state index in [1.54, 1.807) is 0 Å². The molecule has 1 saturated heterocycles. The number of non-ortho nitro benzene ring substituents is 1. The molecule has 2 heterocycles. The third kappa shape index (κ3) is 5.10. The largest absolute Gasteiger partial charge is 0.352 e. The van der Waals surface area contributed by atoms with Gasteiger partial charge in [0.05, 0.1) is 21.2 Å². The number of amides is 1. The molecule has 3 aromatic rings. The zero-order chi connectivity index (χ0) is 25.2. The summed E-state index contributed by atoms with van der Waals surface area (Å²) in [6.45, 7) is 4.65. The second-order valence-corrected chi connectivity index (χ2v) is 10.5. The van der Waals surface area contributed by atoms with Crippen molar-refractivity contribution in [1.82, 2.24) is 19.4 Å². The lowest BCUT2D eigenvalue weighted by atomic mass is 9.97. The predicted octanol–water partition coefficient (Wildman–Crippen LogP) is 3.11. The van der Waals surface area contributed by atoms with E-state index in [4.69, 9.17) is 0 Å². The molecule has 1 aliphatic heterocycles. The fraction of sp³-hybridized carbons (Fsp3) is 0.333. The van der Waals surface area contributed by atoms with Crippen LogP contribution in [-0.4, -0.2) is 46.4 Å². The molecule has 2 aromatic carbocycles. The minimum Gasteiger partial charge on any atom is -0.352 e. The first kappa shape index (κ1) is 24.6. The molecule has 4 rings (SSSR count). The highest BCUT2D eigenvalue weighted by Gasteiger charge is 2.32. The minimum atomic E-state index is -3.78. The molecule has 0 radical (unpaired) electrons. The lowest BCUT2D eigenvalue weighted by molar-refractivity contribution is -0.384. The molecule has 0 bridgehead atoms. The maximum Gasteiger partial charge on any atom is 0.269 e. The Kier molecular flexibility index (Phi) is 6.99. The van der Waals surface area contributed by atoms with Gasteiger partial charge in [0.15, 0.2) is 0 Å². The lowest BCUT2D eigenvalue weighted by Gasteiger charge is -2.30. The zero-order valence-electron chi connectivity index (χ0n) is 19.5. The normalized spacial score (nSPS) is 15.1. The first-order chi connectivity index (χ1) is 16.7. The Morgan fingerprint density at radius 1 is 1.09 bits per heavy atom. The molecule has 1 fully saturated rings. The average molecular weight is 498 g/mol. The molecule has 0 atom stereocenters. The van der Waals surface area contributed by atoms with E-state index in [0.29, 0.717) is 19.4 Å². The molecule has 11 heteroatoms. The van der Waals surface area contributed by atoms with Gasteiger partial charge < -0.3 is 5.32 Å². The number of nitrogens with zero attached hydrogens (tertiary/aromatic N) is 4. The first-order valence-electron chi connectivity index (χ1n) is 11.3. The summed E-state index contributed by atoms with van der Waals surface area (Å²) < 4.78 is 29.0. The number of aromatic nitrogens is 2. The summed E-state index contributed by atoms with van der Waals surface area (Å²) in [6.07, 6.45) is 0.804. The number of sulfonamides is 1. The number of nitro benzene ring substituents is 1. The van der Waals surface area contributed by atoms with Gasteiger partial charge in [-0.3, -0.25) is 14.9 Å². The molecule has 1 aliphatic rings. The molecule has 1 aromatic heterocycles. The van der Waals surface area contributed by atoms with Crippen LogP contribution in [-0.2, 0) is 21.4 Å². The molecule has 1 amide bonds. The van der Waals surface area contributed by atoms with Gasteiger partial charge in [0.2, 0.25) is 15.9 Å². The van der Waals surface area contributed by atoms with Crippen molar-refractivity contribution >= 4 is 21.6 Å². The Morgan fingerprint density at radius 3 is 2.31 bits per heavy atom. The molecule has 0 unspecified atom stereocenters. The van der Waals surface area contributed by atoms with Crippen molar-refractivity contribution in [3.63, 3.8) is 0 Å². The second-order valence-electron chi connectivity index (χ2n) is 8.54. The number of aryl methyl sites for hydroxylation is 1. The van der Waals surface area contributed by atoms with Gasteiger partial charge in [-0.2, -0.15) is 9.40 Å². The summed E-state index contributed by atoms with van der Waals surface area (Å²) in [4.78, 5) is 23.1. The SMILES string of the molecule is Cc1nn(-c2ccccc2)c(C)c1CNC(=O)C1CCN(S(=O)(=O)c2ccc([N+](=O)[O-])cc2)CC1. The van der Waals surface area contributed by atoms with Crippen molar-refractivity contribution in [2.75, 3.05) is 13.1 Å². The Hall–Kier alpha value is -3.57. The minimum absolute atomic E-state index is 0.00683. The number of hydrogen-bond acceptors (Lipinski definition) is 6. The zero-order valence-corrected chi connectivity index (χ0v) is 20.4. The van der Waals surface area contributed by atoms with Gasteiger partial charge >= 0.3 is 0 Å². The van der Waals surface area contributed by atoms with Crippen LogP contribution in [0.15, 0.2) is 59.5 Å². The third-order valence-corrected chi connectivity index (χ3v) is 8.30. The number of hydrogen-bond donors (Lipinski definition) is 1. The van der Waals surface area contributed by atoms with E-state index >= 15 is 0 Å². The van der Waals surface area contributed by atoms with Crippen molar-refractivity contribution < 1.29 is 18.1 Å². The lowest BCUT2D eigenvalue weighted by Crippen LogP contribution is -2.42. The van der Waals surface area contributed by atoms with Gasteiger partial charge in [-0.05, 0) is 51.0 Å². The molecule has 0 spiro atoms. The maximum atomic E-state index is 12.9. The van der Waals surface area contributed by atoms with Crippen molar-refractivity contribution in [1.29, 1.82) is 0 Å². The van der Waals surface area contributed by atoms with Crippen LogP contribution in [0.3, 0.4) is 0 Å². The average Bonchev–Trinajstić information content (AvgIpc) is 3.16. The van der Waals surface area contributed by atoms with E-state index < -0.39 is 14.9 Å². The molecule has 0 aliphatic carbocycles. The smallest absolute Gasteiger partial charge is 0.269 e. The number of rotatable bonds is 7. The van der Waals surface area contributed by atoms with Crippen LogP contribution in [0.2, 0.25) is 0 Å². The predicted molar refractivity (Wildman–Crippen MR) is 129 cm³/mol. The van der Waals surface area contributed by atoms with Crippen LogP contribution in [0, 0.1) is 29.9 Å². The highest BCUT2D eigenvalue weighted by Crippen LogP contribution is 2.26. The quantitative estimate of drug-likeness (QED) is 0.395. The molecule has 184 valence electrons. The fourth-order valence-electron chi connectivity index (χ4n) is 4.32. The molecule has 0 saturated carbocycles. The molecule has 35 heavy (non-hydrogen) atoms. The Morgan fingerprint density at radius 2 is 1.71 bits per heavy atom. The standard InChI is InChI=1S/C24H27N5O5S/c1-17-23(18(2)28(26-17)20-6-4-3-5-7-20)16-25-24(30)19-12-14-27(15-13-19)35(33,34)22-10-8-21(9-11-22)29(31)32/h3-11,19H,12-16H2,1-2H3,(H,25,30). The van der Waals surface area contributed by atoms with Crippen LogP contribution in [0.4, 0.5) is 5.69 Å². The van der Waals surface area contributed by atoms with Gasteiger partial charge in [-0.25, -0.2) is 13.1 Å². The number of piperidine rings is 1. The van der Waals surface area contributed by atoms with Gasteiger partial charge in [-0.1, -0.05) is 18.2 Å². The summed E-state index contributed by atoms with van der Waals surface area (Å²) >= 11 is 0. The molecular weight excluding hydrogens is 470 g/mol. The number of benzene rings is 2. The van der Waals surface area contributed by atoms with Gasteiger partial charge in [-0.15, -0.1) is 0 Å². The van der Waals surface area contributed by atoms with Crippen LogP contribution in [0.5, 0.6) is 0 Å². The van der Waals surface area contributed by atoms with Gasteiger partial charge in [0.25, 0.3) is 5.69 Å². The van der Waals surface area contributed by atoms with Crippen molar-refractivity contribution in [3.05, 3.63) is 81.7 Å². The number of nitro groups is 1. The summed E-state index contributed by atoms with van der Waals surface area (Å²) in [5, 5.41) is 18.4. The van der Waals surface area contributed by atoms with E-state index in [1.807, 2.05) is 48.9 Å². The Bertz CT molecular complexity index is 1330. The van der Waals surface area contributed by atoms with E-state index in [9.17, 15) is 23.3 Å². The topological polar surface area (TPSA) is 127 Å². The summed E-state index contributed by atoms with van der Waals surface area (Å²) in [5.74, 6) is -0.397. The third-order valence-electron chi connectivity index (χ3n) is 6.39. The number of carbonyl (C=O) groups excluding carboxylic acids is 1. The Labute approximate surface area is 203 Å². The summed E-state index contributed by atoms with van der Waals surface area (Å²) in [5.41, 5.74) is 3.54. The maximum absolute atomic E-state index is 12.9. The van der Waals surface area contributed by atoms with Crippen molar-refractivity contribution in [3.8, 4) is 5.69 Å².